The zero-order chi connectivity index (χ0) is 18.8. The van der Waals surface area contributed by atoms with Gasteiger partial charge in [-0.1, -0.05) is 30.3 Å². The second-order valence-corrected chi connectivity index (χ2v) is 6.64. The van der Waals surface area contributed by atoms with Crippen LogP contribution in [0.3, 0.4) is 0 Å². The minimum absolute atomic E-state index is 0.0651. The third-order valence-corrected chi connectivity index (χ3v) is 5.00. The van der Waals surface area contributed by atoms with E-state index in [1.807, 2.05) is 34.8 Å². The molecule has 2 aromatic heterocycles. The molecule has 0 atom stereocenters. The fraction of sp³-hybridized carbons (Fsp3) is 0.286. The molecule has 1 aromatic carbocycles. The molecule has 4 rings (SSSR count). The summed E-state index contributed by atoms with van der Waals surface area (Å²) in [5.74, 6) is 0.574. The van der Waals surface area contributed by atoms with Gasteiger partial charge in [-0.2, -0.15) is 5.10 Å². The SMILES string of the molecule is COc1ccnc(C(=O)N2CCc3nn(C)c(-c4ccccc4)c3CC2)c1. The number of carbonyl (C=O) groups excluding carboxylic acids is 1. The highest BCUT2D eigenvalue weighted by Crippen LogP contribution is 2.28. The Morgan fingerprint density at radius 3 is 2.67 bits per heavy atom. The van der Waals surface area contributed by atoms with E-state index >= 15 is 0 Å². The van der Waals surface area contributed by atoms with Crippen LogP contribution in [-0.4, -0.2) is 45.8 Å². The van der Waals surface area contributed by atoms with Gasteiger partial charge in [-0.3, -0.25) is 14.5 Å². The van der Waals surface area contributed by atoms with Gasteiger partial charge in [0.15, 0.2) is 0 Å². The van der Waals surface area contributed by atoms with Crippen molar-refractivity contribution in [2.45, 2.75) is 12.8 Å². The molecule has 27 heavy (non-hydrogen) atoms. The quantitative estimate of drug-likeness (QED) is 0.719. The maximum atomic E-state index is 12.9. The summed E-state index contributed by atoms with van der Waals surface area (Å²) in [5.41, 5.74) is 5.02. The summed E-state index contributed by atoms with van der Waals surface area (Å²) in [6.45, 7) is 1.28. The first kappa shape index (κ1) is 17.3. The first-order valence-electron chi connectivity index (χ1n) is 9.07. The van der Waals surface area contributed by atoms with E-state index in [2.05, 4.69) is 17.1 Å². The van der Waals surface area contributed by atoms with Crippen molar-refractivity contribution >= 4 is 5.91 Å². The van der Waals surface area contributed by atoms with Crippen LogP contribution >= 0.6 is 0 Å². The van der Waals surface area contributed by atoms with Gasteiger partial charge < -0.3 is 9.64 Å². The van der Waals surface area contributed by atoms with Crippen LogP contribution < -0.4 is 4.74 Å². The van der Waals surface area contributed by atoms with Crippen molar-refractivity contribution in [3.8, 4) is 17.0 Å². The monoisotopic (exact) mass is 362 g/mol. The summed E-state index contributed by atoms with van der Waals surface area (Å²) in [4.78, 5) is 19.0. The molecule has 0 N–H and O–H groups in total. The van der Waals surface area contributed by atoms with E-state index in [4.69, 9.17) is 9.84 Å². The van der Waals surface area contributed by atoms with Crippen LogP contribution in [0, 0.1) is 0 Å². The van der Waals surface area contributed by atoms with E-state index in [0.717, 1.165) is 29.8 Å². The van der Waals surface area contributed by atoms with E-state index in [0.29, 0.717) is 24.5 Å². The van der Waals surface area contributed by atoms with Crippen molar-refractivity contribution in [3.05, 3.63) is 65.6 Å². The normalized spacial score (nSPS) is 13.8. The molecule has 1 amide bonds. The molecule has 0 fully saturated rings. The Morgan fingerprint density at radius 1 is 1.11 bits per heavy atom. The van der Waals surface area contributed by atoms with Crippen LogP contribution in [0.2, 0.25) is 0 Å². The summed E-state index contributed by atoms with van der Waals surface area (Å²) in [6.07, 6.45) is 3.13. The highest BCUT2D eigenvalue weighted by atomic mass is 16.5. The average molecular weight is 362 g/mol. The lowest BCUT2D eigenvalue weighted by Gasteiger charge is -2.20. The van der Waals surface area contributed by atoms with Crippen LogP contribution in [0.4, 0.5) is 0 Å². The molecule has 3 heterocycles. The predicted molar refractivity (Wildman–Crippen MR) is 103 cm³/mol. The molecular weight excluding hydrogens is 340 g/mol. The Balaban J connectivity index is 1.59. The van der Waals surface area contributed by atoms with Gasteiger partial charge in [0.05, 0.1) is 18.5 Å². The summed E-state index contributed by atoms with van der Waals surface area (Å²) in [6, 6.07) is 13.7. The highest BCUT2D eigenvalue weighted by Gasteiger charge is 2.25. The van der Waals surface area contributed by atoms with Crippen LogP contribution in [-0.2, 0) is 19.9 Å². The number of rotatable bonds is 3. The molecule has 138 valence electrons. The summed E-state index contributed by atoms with van der Waals surface area (Å²) in [5, 5.41) is 4.72. The van der Waals surface area contributed by atoms with Gasteiger partial charge in [-0.05, 0) is 12.5 Å². The fourth-order valence-electron chi connectivity index (χ4n) is 3.66. The lowest BCUT2D eigenvalue weighted by molar-refractivity contribution is 0.0756. The van der Waals surface area contributed by atoms with Crippen molar-refractivity contribution in [1.29, 1.82) is 0 Å². The first-order valence-corrected chi connectivity index (χ1v) is 9.07. The lowest BCUT2D eigenvalue weighted by atomic mass is 10.0. The topological polar surface area (TPSA) is 60.2 Å². The van der Waals surface area contributed by atoms with E-state index in [1.165, 1.54) is 5.56 Å². The molecule has 1 aliphatic heterocycles. The van der Waals surface area contributed by atoms with Crippen LogP contribution in [0.25, 0.3) is 11.3 Å². The van der Waals surface area contributed by atoms with Gasteiger partial charge in [-0.15, -0.1) is 0 Å². The maximum Gasteiger partial charge on any atom is 0.272 e. The van der Waals surface area contributed by atoms with Crippen molar-refractivity contribution in [2.24, 2.45) is 7.05 Å². The number of carbonyl (C=O) groups is 1. The van der Waals surface area contributed by atoms with E-state index in [1.54, 1.807) is 25.4 Å². The van der Waals surface area contributed by atoms with Crippen LogP contribution in [0.1, 0.15) is 21.7 Å². The molecule has 0 spiro atoms. The smallest absolute Gasteiger partial charge is 0.272 e. The van der Waals surface area contributed by atoms with Crippen LogP contribution in [0.15, 0.2) is 48.7 Å². The Bertz CT molecular complexity index is 966. The number of aromatic nitrogens is 3. The summed E-state index contributed by atoms with van der Waals surface area (Å²) >= 11 is 0. The van der Waals surface area contributed by atoms with E-state index in [9.17, 15) is 4.79 Å². The predicted octanol–water partition coefficient (Wildman–Crippen LogP) is 2.73. The number of methoxy groups -OCH3 is 1. The molecule has 0 unspecified atom stereocenters. The van der Waals surface area contributed by atoms with E-state index < -0.39 is 0 Å². The summed E-state index contributed by atoms with van der Waals surface area (Å²) in [7, 11) is 3.57. The number of hydrogen-bond acceptors (Lipinski definition) is 4. The Morgan fingerprint density at radius 2 is 1.89 bits per heavy atom. The van der Waals surface area contributed by atoms with Crippen molar-refractivity contribution in [1.82, 2.24) is 19.7 Å². The zero-order valence-corrected chi connectivity index (χ0v) is 15.6. The second-order valence-electron chi connectivity index (χ2n) is 6.64. The number of nitrogens with zero attached hydrogens (tertiary/aromatic N) is 4. The Labute approximate surface area is 158 Å². The van der Waals surface area contributed by atoms with Crippen molar-refractivity contribution in [3.63, 3.8) is 0 Å². The van der Waals surface area contributed by atoms with Crippen molar-refractivity contribution < 1.29 is 9.53 Å². The minimum atomic E-state index is -0.0651. The Hall–Kier alpha value is -3.15. The van der Waals surface area contributed by atoms with E-state index in [-0.39, 0.29) is 5.91 Å². The zero-order valence-electron chi connectivity index (χ0n) is 15.6. The molecule has 0 saturated heterocycles. The van der Waals surface area contributed by atoms with Gasteiger partial charge in [-0.25, -0.2) is 0 Å². The largest absolute Gasteiger partial charge is 0.497 e. The van der Waals surface area contributed by atoms with Gasteiger partial charge in [0, 0.05) is 49.9 Å². The molecule has 0 bridgehead atoms. The molecular formula is C21H22N4O2. The number of pyridine rings is 1. The van der Waals surface area contributed by atoms with Gasteiger partial charge in [0.25, 0.3) is 5.91 Å². The lowest BCUT2D eigenvalue weighted by Crippen LogP contribution is -2.34. The van der Waals surface area contributed by atoms with Gasteiger partial charge in [0.2, 0.25) is 0 Å². The van der Waals surface area contributed by atoms with Crippen molar-refractivity contribution in [2.75, 3.05) is 20.2 Å². The van der Waals surface area contributed by atoms with Gasteiger partial charge >= 0.3 is 0 Å². The standard InChI is InChI=1S/C21H22N4O2/c1-24-20(15-6-4-3-5-7-15)17-9-12-25(13-10-18(17)23-24)21(26)19-14-16(27-2)8-11-22-19/h3-8,11,14H,9-10,12-13H2,1-2H3. The molecule has 1 aliphatic rings. The molecule has 6 nitrogen and oxygen atoms in total. The minimum Gasteiger partial charge on any atom is -0.497 e. The molecule has 3 aromatic rings. The number of hydrogen-bond donors (Lipinski definition) is 0. The molecule has 0 saturated carbocycles. The average Bonchev–Trinajstić information content (AvgIpc) is 2.89. The molecule has 0 aliphatic carbocycles. The number of aryl methyl sites for hydroxylation is 1. The second kappa shape index (κ2) is 7.23. The number of fused-ring (bicyclic) bond motifs is 1. The third kappa shape index (κ3) is 3.30. The molecule has 6 heteroatoms. The molecule has 0 radical (unpaired) electrons. The van der Waals surface area contributed by atoms with Gasteiger partial charge in [0.1, 0.15) is 11.4 Å². The van der Waals surface area contributed by atoms with Crippen LogP contribution in [0.5, 0.6) is 5.75 Å². The first-order chi connectivity index (χ1) is 13.2. The number of benzene rings is 1. The maximum absolute atomic E-state index is 12.9. The third-order valence-electron chi connectivity index (χ3n) is 5.00. The number of amides is 1. The highest BCUT2D eigenvalue weighted by molar-refractivity contribution is 5.92. The number of ether oxygens (including phenoxy) is 1. The summed E-state index contributed by atoms with van der Waals surface area (Å²) < 4.78 is 7.17. The Kier molecular flexibility index (Phi) is 4.62. The fourth-order valence-corrected chi connectivity index (χ4v) is 3.66.